The lowest BCUT2D eigenvalue weighted by Gasteiger charge is -2.40. The van der Waals surface area contributed by atoms with Crippen molar-refractivity contribution in [2.45, 2.75) is 4.90 Å². The van der Waals surface area contributed by atoms with Crippen LogP contribution in [0.25, 0.3) is 0 Å². The second-order valence-corrected chi connectivity index (χ2v) is 7.06. The number of pyridine rings is 1. The average molecular weight is 355 g/mol. The Morgan fingerprint density at radius 1 is 1.04 bits per heavy atom. The number of benzene rings is 1. The summed E-state index contributed by atoms with van der Waals surface area (Å²) in [5.41, 5.74) is -0.0876. The maximum atomic E-state index is 12.6. The fourth-order valence-corrected chi connectivity index (χ4v) is 2.39. The summed E-state index contributed by atoms with van der Waals surface area (Å²) in [4.78, 5) is 13.0. The lowest BCUT2D eigenvalue weighted by Crippen LogP contribution is -2.12. The van der Waals surface area contributed by atoms with E-state index >= 15 is 0 Å². The van der Waals surface area contributed by atoms with E-state index in [9.17, 15) is 29.5 Å². The van der Waals surface area contributed by atoms with Gasteiger partial charge < -0.3 is 4.90 Å². The lowest BCUT2D eigenvalue weighted by atomic mass is 10.3. The van der Waals surface area contributed by atoms with Gasteiger partial charge in [-0.25, -0.2) is 4.98 Å². The molecule has 0 N–H and O–H groups in total. The Kier molecular flexibility index (Phi) is 3.34. The third kappa shape index (κ3) is 3.86. The molecule has 126 valence electrons. The number of nitro groups is 1. The van der Waals surface area contributed by atoms with Gasteiger partial charge in [0.25, 0.3) is 5.69 Å². The Bertz CT molecular complexity index is 747. The number of anilines is 2. The molecule has 0 amide bonds. The Morgan fingerprint density at radius 2 is 1.61 bits per heavy atom. The molecule has 0 fully saturated rings. The van der Waals surface area contributed by atoms with E-state index in [2.05, 4.69) is 4.98 Å². The second kappa shape index (κ2) is 4.54. The standard InChI is InChI=1S/C12H10F5N3O2S/c1-19(12-7-4-10(8-18-12)20(21)22)9-2-5-11(6-3-9)23(13,14,15,16)17/h2-8H,1H3. The molecule has 0 spiro atoms. The zero-order valence-electron chi connectivity index (χ0n) is 11.5. The molecule has 0 aliphatic rings. The first-order valence-electron chi connectivity index (χ1n) is 5.96. The topological polar surface area (TPSA) is 59.3 Å². The van der Waals surface area contributed by atoms with E-state index in [0.717, 1.165) is 18.3 Å². The number of hydrogen-bond donors (Lipinski definition) is 0. The zero-order chi connectivity index (χ0) is 17.5. The normalized spacial score (nSPS) is 14.7. The van der Waals surface area contributed by atoms with Crippen molar-refractivity contribution in [1.82, 2.24) is 4.98 Å². The van der Waals surface area contributed by atoms with Gasteiger partial charge in [0, 0.05) is 18.8 Å². The number of halogens is 5. The maximum absolute atomic E-state index is 12.6. The largest absolute Gasteiger partial charge is 0.329 e. The van der Waals surface area contributed by atoms with E-state index in [1.54, 1.807) is 0 Å². The predicted molar refractivity (Wildman–Crippen MR) is 76.8 cm³/mol. The number of hydrogen-bond acceptors (Lipinski definition) is 4. The van der Waals surface area contributed by atoms with Crippen LogP contribution in [0.15, 0.2) is 47.5 Å². The van der Waals surface area contributed by atoms with Crippen LogP contribution in [0.3, 0.4) is 0 Å². The van der Waals surface area contributed by atoms with Crippen LogP contribution in [0.5, 0.6) is 0 Å². The van der Waals surface area contributed by atoms with Gasteiger partial charge in [0.1, 0.15) is 16.9 Å². The summed E-state index contributed by atoms with van der Waals surface area (Å²) in [6.45, 7) is 0. The molecule has 0 aliphatic carbocycles. The molecular weight excluding hydrogens is 345 g/mol. The summed E-state index contributed by atoms with van der Waals surface area (Å²) in [6, 6.07) is 4.78. The van der Waals surface area contributed by atoms with Gasteiger partial charge in [-0.05, 0) is 30.3 Å². The van der Waals surface area contributed by atoms with Crippen LogP contribution < -0.4 is 4.90 Å². The Balaban J connectivity index is 2.31. The molecule has 0 aliphatic heterocycles. The van der Waals surface area contributed by atoms with Crippen LogP contribution in [0.2, 0.25) is 0 Å². The highest BCUT2D eigenvalue weighted by atomic mass is 32.5. The van der Waals surface area contributed by atoms with Crippen LogP contribution in [-0.4, -0.2) is 17.0 Å². The van der Waals surface area contributed by atoms with E-state index in [4.69, 9.17) is 0 Å². The Labute approximate surface area is 127 Å². The number of aromatic nitrogens is 1. The van der Waals surface area contributed by atoms with Gasteiger partial charge in [-0.1, -0.05) is 19.4 Å². The first-order chi connectivity index (χ1) is 10.3. The lowest BCUT2D eigenvalue weighted by molar-refractivity contribution is -0.385. The molecule has 0 saturated carbocycles. The van der Waals surface area contributed by atoms with Gasteiger partial charge in [0.2, 0.25) is 0 Å². The summed E-state index contributed by atoms with van der Waals surface area (Å²) in [6.07, 6.45) is 0.981. The fraction of sp³-hybridized carbons (Fsp3) is 0.0833. The van der Waals surface area contributed by atoms with Crippen LogP contribution in [0.1, 0.15) is 0 Å². The number of rotatable bonds is 4. The first kappa shape index (κ1) is 16.9. The molecule has 1 heterocycles. The second-order valence-electron chi connectivity index (χ2n) is 4.65. The van der Waals surface area contributed by atoms with Crippen molar-refractivity contribution in [3.8, 4) is 0 Å². The number of nitrogens with zero attached hydrogens (tertiary/aromatic N) is 3. The van der Waals surface area contributed by atoms with Crippen LogP contribution in [0.4, 0.5) is 36.6 Å². The van der Waals surface area contributed by atoms with Gasteiger partial charge in [0.15, 0.2) is 0 Å². The maximum Gasteiger partial charge on any atom is 0.310 e. The molecule has 0 radical (unpaired) electrons. The van der Waals surface area contributed by atoms with E-state index in [1.165, 1.54) is 24.1 Å². The molecule has 1 aromatic carbocycles. The molecule has 2 rings (SSSR count). The highest BCUT2D eigenvalue weighted by Gasteiger charge is 2.65. The first-order valence-corrected chi connectivity index (χ1v) is 7.91. The Hall–Kier alpha value is -2.43. The van der Waals surface area contributed by atoms with Crippen LogP contribution in [0, 0.1) is 10.1 Å². The van der Waals surface area contributed by atoms with E-state index in [-0.39, 0.29) is 17.2 Å². The third-order valence-electron chi connectivity index (χ3n) is 2.96. The van der Waals surface area contributed by atoms with E-state index < -0.39 is 20.0 Å². The van der Waals surface area contributed by atoms with Gasteiger partial charge in [-0.3, -0.25) is 10.1 Å². The fourth-order valence-electron chi connectivity index (χ4n) is 1.74. The Morgan fingerprint density at radius 3 is 2.00 bits per heavy atom. The minimum Gasteiger partial charge on any atom is -0.329 e. The zero-order valence-corrected chi connectivity index (χ0v) is 12.3. The molecule has 0 saturated heterocycles. The molecule has 0 atom stereocenters. The summed E-state index contributed by atoms with van der Waals surface area (Å²) >= 11 is 0. The highest BCUT2D eigenvalue weighted by Crippen LogP contribution is 3.02. The van der Waals surface area contributed by atoms with Crippen molar-refractivity contribution in [2.24, 2.45) is 0 Å². The van der Waals surface area contributed by atoms with Gasteiger partial charge in [-0.2, -0.15) is 0 Å². The third-order valence-corrected chi connectivity index (χ3v) is 4.12. The minimum atomic E-state index is -9.71. The van der Waals surface area contributed by atoms with Crippen molar-refractivity contribution in [3.05, 3.63) is 52.7 Å². The van der Waals surface area contributed by atoms with Gasteiger partial charge >= 0.3 is 10.2 Å². The van der Waals surface area contributed by atoms with Gasteiger partial charge in [0.05, 0.1) is 4.92 Å². The average Bonchev–Trinajstić information content (AvgIpc) is 2.44. The monoisotopic (exact) mass is 355 g/mol. The van der Waals surface area contributed by atoms with Crippen molar-refractivity contribution in [3.63, 3.8) is 0 Å². The molecule has 2 aromatic rings. The quantitative estimate of drug-likeness (QED) is 0.418. The smallest absolute Gasteiger partial charge is 0.310 e. The summed E-state index contributed by atoms with van der Waals surface area (Å²) in [7, 11) is -8.27. The molecule has 1 aromatic heterocycles. The minimum absolute atomic E-state index is 0.164. The van der Waals surface area contributed by atoms with Crippen molar-refractivity contribution < 1.29 is 24.4 Å². The summed E-state index contributed by atoms with van der Waals surface area (Å²) < 4.78 is 63.2. The van der Waals surface area contributed by atoms with Crippen molar-refractivity contribution in [2.75, 3.05) is 11.9 Å². The van der Waals surface area contributed by atoms with Crippen LogP contribution >= 0.6 is 10.2 Å². The van der Waals surface area contributed by atoms with E-state index in [0.29, 0.717) is 12.1 Å². The predicted octanol–water partition coefficient (Wildman–Crippen LogP) is 5.42. The summed E-state index contributed by atoms with van der Waals surface area (Å²) in [5, 5.41) is 10.5. The van der Waals surface area contributed by atoms with Gasteiger partial charge in [-0.15, -0.1) is 0 Å². The molecule has 23 heavy (non-hydrogen) atoms. The van der Waals surface area contributed by atoms with Crippen molar-refractivity contribution >= 4 is 27.4 Å². The molecule has 11 heteroatoms. The highest BCUT2D eigenvalue weighted by molar-refractivity contribution is 8.45. The molecule has 5 nitrogen and oxygen atoms in total. The van der Waals surface area contributed by atoms with Crippen LogP contribution in [-0.2, 0) is 0 Å². The summed E-state index contributed by atoms with van der Waals surface area (Å²) in [5.74, 6) is 0.204. The molecular formula is C12H10F5N3O2S. The molecule has 0 unspecified atom stereocenters. The van der Waals surface area contributed by atoms with Crippen molar-refractivity contribution in [1.29, 1.82) is 0 Å². The van der Waals surface area contributed by atoms with E-state index in [1.807, 2.05) is 0 Å². The molecule has 0 bridgehead atoms. The SMILES string of the molecule is CN(c1ccc(S(F)(F)(F)(F)F)cc1)c1ccc([N+](=O)[O-])cn1.